The Balaban J connectivity index is 2.33. The molecule has 1 saturated heterocycles. The normalized spacial score (nSPS) is 30.9. The Kier molecular flexibility index (Phi) is 4.07. The van der Waals surface area contributed by atoms with E-state index < -0.39 is 5.60 Å². The first-order chi connectivity index (χ1) is 6.94. The summed E-state index contributed by atoms with van der Waals surface area (Å²) in [5.74, 6) is -0.0764. The van der Waals surface area contributed by atoms with E-state index in [4.69, 9.17) is 4.74 Å². The van der Waals surface area contributed by atoms with Crippen LogP contribution in [0.5, 0.6) is 0 Å². The lowest BCUT2D eigenvalue weighted by atomic mass is 9.97. The average molecular weight is 216 g/mol. The van der Waals surface area contributed by atoms with Gasteiger partial charge >= 0.3 is 0 Å². The molecule has 0 bridgehead atoms. The molecule has 5 heteroatoms. The summed E-state index contributed by atoms with van der Waals surface area (Å²) in [4.78, 5) is 13.1. The van der Waals surface area contributed by atoms with Crippen molar-refractivity contribution in [2.24, 2.45) is 0 Å². The van der Waals surface area contributed by atoms with E-state index in [0.717, 1.165) is 0 Å². The molecular formula is C10H20N2O3. The Morgan fingerprint density at radius 2 is 2.33 bits per heavy atom. The summed E-state index contributed by atoms with van der Waals surface area (Å²) >= 11 is 0. The van der Waals surface area contributed by atoms with E-state index in [0.29, 0.717) is 19.6 Å². The van der Waals surface area contributed by atoms with Gasteiger partial charge in [0.05, 0.1) is 12.6 Å². The van der Waals surface area contributed by atoms with E-state index >= 15 is 0 Å². The lowest BCUT2D eigenvalue weighted by Gasteiger charge is -2.26. The second kappa shape index (κ2) is 4.92. The zero-order valence-electron chi connectivity index (χ0n) is 9.62. The van der Waals surface area contributed by atoms with E-state index in [-0.39, 0.29) is 18.6 Å². The number of ether oxygens (including phenoxy) is 1. The van der Waals surface area contributed by atoms with Crippen molar-refractivity contribution in [1.82, 2.24) is 10.2 Å². The number of nitrogens with one attached hydrogen (secondary N) is 1. The molecule has 1 aliphatic rings. The first-order valence-electron chi connectivity index (χ1n) is 5.19. The topological polar surface area (TPSA) is 61.8 Å². The molecule has 1 fully saturated rings. The summed E-state index contributed by atoms with van der Waals surface area (Å²) in [7, 11) is 3.66. The number of nitrogens with zero attached hydrogens (tertiary/aromatic N) is 1. The predicted molar refractivity (Wildman–Crippen MR) is 56.5 cm³/mol. The van der Waals surface area contributed by atoms with Gasteiger partial charge in [-0.2, -0.15) is 0 Å². The Morgan fingerprint density at radius 3 is 2.80 bits per heavy atom. The molecule has 0 aliphatic carbocycles. The van der Waals surface area contributed by atoms with E-state index in [2.05, 4.69) is 5.32 Å². The lowest BCUT2D eigenvalue weighted by Crippen LogP contribution is -2.48. The highest BCUT2D eigenvalue weighted by Crippen LogP contribution is 2.24. The molecule has 1 amide bonds. The minimum Gasteiger partial charge on any atom is -0.385 e. The predicted octanol–water partition coefficient (Wildman–Crippen LogP) is -0.796. The number of hydrogen-bond acceptors (Lipinski definition) is 4. The number of rotatable bonds is 4. The second-order valence-electron chi connectivity index (χ2n) is 4.38. The average Bonchev–Trinajstić information content (AvgIpc) is 2.44. The Labute approximate surface area is 90.4 Å². The van der Waals surface area contributed by atoms with Gasteiger partial charge in [-0.1, -0.05) is 0 Å². The van der Waals surface area contributed by atoms with Crippen molar-refractivity contribution in [2.45, 2.75) is 25.0 Å². The van der Waals surface area contributed by atoms with Gasteiger partial charge in [-0.3, -0.25) is 4.79 Å². The summed E-state index contributed by atoms with van der Waals surface area (Å²) in [6.45, 7) is 2.98. The molecule has 1 heterocycles. The highest BCUT2D eigenvalue weighted by molar-refractivity contribution is 5.78. The quantitative estimate of drug-likeness (QED) is 0.646. The monoisotopic (exact) mass is 216 g/mol. The zero-order valence-corrected chi connectivity index (χ0v) is 9.62. The minimum absolute atomic E-state index is 0.0764. The number of carbonyl (C=O) groups is 1. The molecule has 5 nitrogen and oxygen atoms in total. The fraction of sp³-hybridized carbons (Fsp3) is 0.900. The summed E-state index contributed by atoms with van der Waals surface area (Å²) < 4.78 is 5.27. The first-order valence-corrected chi connectivity index (χ1v) is 5.19. The highest BCUT2D eigenvalue weighted by atomic mass is 16.5. The fourth-order valence-electron chi connectivity index (χ4n) is 1.60. The molecule has 2 unspecified atom stereocenters. The zero-order chi connectivity index (χ0) is 11.5. The number of aliphatic hydroxyl groups is 1. The van der Waals surface area contributed by atoms with Crippen LogP contribution in [0, 0.1) is 0 Å². The standard InChI is InChI=1S/C10H20N2O3/c1-8-10(14,4-5-15-8)7-11-9(13)6-12(2)3/h8,14H,4-7H2,1-3H3,(H,11,13). The molecule has 0 radical (unpaired) electrons. The van der Waals surface area contributed by atoms with Gasteiger partial charge in [0.2, 0.25) is 5.91 Å². The van der Waals surface area contributed by atoms with Crippen LogP contribution in [0.15, 0.2) is 0 Å². The van der Waals surface area contributed by atoms with Gasteiger partial charge in [-0.25, -0.2) is 0 Å². The van der Waals surface area contributed by atoms with Crippen molar-refractivity contribution in [3.63, 3.8) is 0 Å². The third-order valence-electron chi connectivity index (χ3n) is 2.71. The van der Waals surface area contributed by atoms with Crippen molar-refractivity contribution in [2.75, 3.05) is 33.8 Å². The molecule has 15 heavy (non-hydrogen) atoms. The molecule has 0 aromatic carbocycles. The number of amides is 1. The van der Waals surface area contributed by atoms with Crippen LogP contribution in [-0.4, -0.2) is 61.4 Å². The third kappa shape index (κ3) is 3.44. The number of likely N-dealkylation sites (N-methyl/N-ethyl adjacent to an activating group) is 1. The van der Waals surface area contributed by atoms with Crippen LogP contribution in [0.4, 0.5) is 0 Å². The van der Waals surface area contributed by atoms with Crippen LogP contribution < -0.4 is 5.32 Å². The van der Waals surface area contributed by atoms with Gasteiger partial charge in [-0.15, -0.1) is 0 Å². The fourth-order valence-corrected chi connectivity index (χ4v) is 1.60. The van der Waals surface area contributed by atoms with Gasteiger partial charge in [-0.05, 0) is 21.0 Å². The molecule has 0 saturated carbocycles. The molecule has 0 aromatic heterocycles. The smallest absolute Gasteiger partial charge is 0.234 e. The largest absolute Gasteiger partial charge is 0.385 e. The van der Waals surface area contributed by atoms with Gasteiger partial charge in [0.25, 0.3) is 0 Å². The van der Waals surface area contributed by atoms with Crippen molar-refractivity contribution in [1.29, 1.82) is 0 Å². The molecule has 1 rings (SSSR count). The molecule has 2 N–H and O–H groups in total. The lowest BCUT2D eigenvalue weighted by molar-refractivity contribution is -0.123. The maximum atomic E-state index is 11.4. The van der Waals surface area contributed by atoms with Crippen molar-refractivity contribution in [3.05, 3.63) is 0 Å². The van der Waals surface area contributed by atoms with E-state index in [1.165, 1.54) is 0 Å². The maximum Gasteiger partial charge on any atom is 0.234 e. The SMILES string of the molecule is CC1OCCC1(O)CNC(=O)CN(C)C. The van der Waals surface area contributed by atoms with Crippen molar-refractivity contribution < 1.29 is 14.6 Å². The molecule has 0 spiro atoms. The van der Waals surface area contributed by atoms with E-state index in [9.17, 15) is 9.90 Å². The summed E-state index contributed by atoms with van der Waals surface area (Å²) in [6, 6.07) is 0. The Morgan fingerprint density at radius 1 is 1.67 bits per heavy atom. The highest BCUT2D eigenvalue weighted by Gasteiger charge is 2.39. The Hall–Kier alpha value is -0.650. The molecule has 0 aromatic rings. The maximum absolute atomic E-state index is 11.4. The van der Waals surface area contributed by atoms with Gasteiger partial charge in [0.15, 0.2) is 0 Å². The van der Waals surface area contributed by atoms with Gasteiger partial charge < -0.3 is 20.1 Å². The van der Waals surface area contributed by atoms with Crippen LogP contribution >= 0.6 is 0 Å². The minimum atomic E-state index is -0.901. The summed E-state index contributed by atoms with van der Waals surface area (Å²) in [5.41, 5.74) is -0.901. The first kappa shape index (κ1) is 12.4. The van der Waals surface area contributed by atoms with Crippen LogP contribution in [0.1, 0.15) is 13.3 Å². The molecule has 88 valence electrons. The molecular weight excluding hydrogens is 196 g/mol. The second-order valence-corrected chi connectivity index (χ2v) is 4.38. The van der Waals surface area contributed by atoms with E-state index in [1.807, 2.05) is 21.0 Å². The van der Waals surface area contributed by atoms with E-state index in [1.54, 1.807) is 4.90 Å². The van der Waals surface area contributed by atoms with Crippen LogP contribution in [-0.2, 0) is 9.53 Å². The summed E-state index contributed by atoms with van der Waals surface area (Å²) in [6.07, 6.45) is 0.369. The molecule has 2 atom stereocenters. The number of hydrogen-bond donors (Lipinski definition) is 2. The van der Waals surface area contributed by atoms with Crippen LogP contribution in [0.2, 0.25) is 0 Å². The third-order valence-corrected chi connectivity index (χ3v) is 2.71. The van der Waals surface area contributed by atoms with Crippen LogP contribution in [0.25, 0.3) is 0 Å². The Bertz CT molecular complexity index is 233. The van der Waals surface area contributed by atoms with Crippen molar-refractivity contribution >= 4 is 5.91 Å². The van der Waals surface area contributed by atoms with Crippen LogP contribution in [0.3, 0.4) is 0 Å². The van der Waals surface area contributed by atoms with Gasteiger partial charge in [0.1, 0.15) is 5.60 Å². The van der Waals surface area contributed by atoms with Crippen molar-refractivity contribution in [3.8, 4) is 0 Å². The molecule has 1 aliphatic heterocycles. The summed E-state index contributed by atoms with van der Waals surface area (Å²) in [5, 5.41) is 12.8. The number of carbonyl (C=O) groups excluding carboxylic acids is 1. The van der Waals surface area contributed by atoms with Gasteiger partial charge in [0, 0.05) is 19.6 Å².